The highest BCUT2D eigenvalue weighted by Gasteiger charge is 2.52. The number of anilines is 1. The first-order chi connectivity index (χ1) is 8.94. The van der Waals surface area contributed by atoms with Gasteiger partial charge in [-0.15, -0.1) is 0 Å². The van der Waals surface area contributed by atoms with E-state index in [2.05, 4.69) is 0 Å². The van der Waals surface area contributed by atoms with Crippen LogP contribution >= 0.6 is 0 Å². The van der Waals surface area contributed by atoms with Gasteiger partial charge in [-0.2, -0.15) is 13.2 Å². The van der Waals surface area contributed by atoms with E-state index in [9.17, 15) is 13.2 Å². The first-order valence-electron chi connectivity index (χ1n) is 6.26. The maximum Gasteiger partial charge on any atom is 0.494 e. The number of hydrogen-bond donors (Lipinski definition) is 1. The summed E-state index contributed by atoms with van der Waals surface area (Å²) in [6, 6.07) is 3.70. The lowest BCUT2D eigenvalue weighted by atomic mass is 9.78. The van der Waals surface area contributed by atoms with Gasteiger partial charge in [0.2, 0.25) is 0 Å². The van der Waals surface area contributed by atoms with Gasteiger partial charge in [0.1, 0.15) is 0 Å². The molecule has 7 heteroatoms. The molecule has 1 fully saturated rings. The first kappa shape index (κ1) is 15.2. The summed E-state index contributed by atoms with van der Waals surface area (Å²) in [6.07, 6.45) is -4.50. The molecule has 1 aromatic rings. The van der Waals surface area contributed by atoms with Crippen LogP contribution in [0.3, 0.4) is 0 Å². The third kappa shape index (κ3) is 2.52. The van der Waals surface area contributed by atoms with Crippen LogP contribution in [0.1, 0.15) is 33.3 Å². The Kier molecular flexibility index (Phi) is 3.34. The fourth-order valence-corrected chi connectivity index (χ4v) is 1.95. The normalized spacial score (nSPS) is 21.2. The lowest BCUT2D eigenvalue weighted by molar-refractivity contribution is -0.136. The molecule has 1 aliphatic rings. The summed E-state index contributed by atoms with van der Waals surface area (Å²) >= 11 is 0. The average Bonchev–Trinajstić information content (AvgIpc) is 2.47. The van der Waals surface area contributed by atoms with E-state index in [1.807, 2.05) is 27.7 Å². The highest BCUT2D eigenvalue weighted by Crippen LogP contribution is 2.37. The molecule has 110 valence electrons. The average molecular weight is 287 g/mol. The number of benzene rings is 1. The zero-order valence-corrected chi connectivity index (χ0v) is 11.8. The van der Waals surface area contributed by atoms with Crippen molar-refractivity contribution in [1.29, 1.82) is 0 Å². The molecule has 0 bridgehead atoms. The number of rotatable bonds is 1. The van der Waals surface area contributed by atoms with Gasteiger partial charge < -0.3 is 15.0 Å². The maximum absolute atomic E-state index is 12.9. The van der Waals surface area contributed by atoms with Crippen LogP contribution in [0.15, 0.2) is 18.2 Å². The van der Waals surface area contributed by atoms with E-state index in [0.717, 1.165) is 6.07 Å². The Bertz CT molecular complexity index is 513. The van der Waals surface area contributed by atoms with Gasteiger partial charge in [-0.05, 0) is 45.3 Å². The minimum Gasteiger partial charge on any atom is -0.399 e. The molecule has 1 saturated heterocycles. The van der Waals surface area contributed by atoms with Crippen LogP contribution in [-0.4, -0.2) is 18.3 Å². The summed E-state index contributed by atoms with van der Waals surface area (Å²) in [5, 5.41) is 0. The third-order valence-electron chi connectivity index (χ3n) is 3.91. The molecule has 2 rings (SSSR count). The molecule has 0 unspecified atom stereocenters. The Morgan fingerprint density at radius 1 is 1.05 bits per heavy atom. The van der Waals surface area contributed by atoms with Crippen molar-refractivity contribution in [3.05, 3.63) is 23.8 Å². The largest absolute Gasteiger partial charge is 0.494 e. The Labute approximate surface area is 116 Å². The molecular weight excluding hydrogens is 270 g/mol. The molecule has 0 amide bonds. The van der Waals surface area contributed by atoms with E-state index in [4.69, 9.17) is 15.0 Å². The first-order valence-corrected chi connectivity index (χ1v) is 6.26. The molecule has 0 radical (unpaired) electrons. The van der Waals surface area contributed by atoms with Crippen molar-refractivity contribution in [2.45, 2.75) is 45.1 Å². The van der Waals surface area contributed by atoms with Crippen LogP contribution in [0.4, 0.5) is 18.9 Å². The summed E-state index contributed by atoms with van der Waals surface area (Å²) < 4.78 is 50.0. The second kappa shape index (κ2) is 4.39. The van der Waals surface area contributed by atoms with E-state index < -0.39 is 30.1 Å². The van der Waals surface area contributed by atoms with Crippen LogP contribution in [0.2, 0.25) is 0 Å². The molecule has 1 aromatic carbocycles. The highest BCUT2D eigenvalue weighted by molar-refractivity contribution is 6.62. The van der Waals surface area contributed by atoms with Gasteiger partial charge in [0.25, 0.3) is 0 Å². The Balaban J connectivity index is 2.37. The molecule has 0 spiro atoms. The van der Waals surface area contributed by atoms with Crippen LogP contribution in [0, 0.1) is 0 Å². The van der Waals surface area contributed by atoms with Gasteiger partial charge in [-0.25, -0.2) is 0 Å². The van der Waals surface area contributed by atoms with Crippen molar-refractivity contribution in [1.82, 2.24) is 0 Å². The molecule has 1 heterocycles. The van der Waals surface area contributed by atoms with Gasteiger partial charge in [0, 0.05) is 5.69 Å². The minimum absolute atomic E-state index is 0.308. The summed E-state index contributed by atoms with van der Waals surface area (Å²) in [5.41, 5.74) is 3.31. The van der Waals surface area contributed by atoms with Gasteiger partial charge in [-0.1, -0.05) is 6.07 Å². The van der Waals surface area contributed by atoms with E-state index in [1.165, 1.54) is 12.1 Å². The number of halogens is 3. The van der Waals surface area contributed by atoms with Crippen LogP contribution < -0.4 is 11.2 Å². The molecule has 0 atom stereocenters. The highest BCUT2D eigenvalue weighted by atomic mass is 19.4. The quantitative estimate of drug-likeness (QED) is 0.638. The van der Waals surface area contributed by atoms with E-state index in [-0.39, 0.29) is 5.69 Å². The topological polar surface area (TPSA) is 44.5 Å². The fourth-order valence-electron chi connectivity index (χ4n) is 1.95. The minimum atomic E-state index is -4.50. The molecular formula is C13H17BF3NO2. The molecule has 20 heavy (non-hydrogen) atoms. The standard InChI is InChI=1S/C13H17BF3NO2/c1-11(2)12(3,4)20-14(19-11)8-5-6-10(18)9(7-8)13(15,16)17/h5-7H,18H2,1-4H3. The molecule has 0 aliphatic carbocycles. The van der Waals surface area contributed by atoms with Gasteiger partial charge in [0.05, 0.1) is 16.8 Å². The van der Waals surface area contributed by atoms with Crippen LogP contribution in [0.5, 0.6) is 0 Å². The van der Waals surface area contributed by atoms with E-state index in [1.54, 1.807) is 0 Å². The molecule has 2 N–H and O–H groups in total. The number of hydrogen-bond acceptors (Lipinski definition) is 3. The molecule has 3 nitrogen and oxygen atoms in total. The van der Waals surface area contributed by atoms with Crippen molar-refractivity contribution in [2.24, 2.45) is 0 Å². The number of alkyl halides is 3. The summed E-state index contributed by atoms with van der Waals surface area (Å²) in [5.74, 6) is 0. The van der Waals surface area contributed by atoms with E-state index in [0.29, 0.717) is 5.46 Å². The second-order valence-corrected chi connectivity index (χ2v) is 5.93. The van der Waals surface area contributed by atoms with Gasteiger partial charge >= 0.3 is 13.3 Å². The Morgan fingerprint density at radius 3 is 2.00 bits per heavy atom. The zero-order valence-electron chi connectivity index (χ0n) is 11.8. The van der Waals surface area contributed by atoms with Gasteiger partial charge in [0.15, 0.2) is 0 Å². The zero-order chi connectivity index (χ0) is 15.3. The van der Waals surface area contributed by atoms with E-state index >= 15 is 0 Å². The predicted molar refractivity (Wildman–Crippen MR) is 71.6 cm³/mol. The third-order valence-corrected chi connectivity index (χ3v) is 3.91. The summed E-state index contributed by atoms with van der Waals surface area (Å²) in [7, 11) is -0.832. The molecule has 0 aromatic heterocycles. The molecule has 0 saturated carbocycles. The van der Waals surface area contributed by atoms with Crippen LogP contribution in [0.25, 0.3) is 0 Å². The SMILES string of the molecule is CC1(C)OB(c2ccc(N)c(C(F)(F)F)c2)OC1(C)C. The number of nitrogens with two attached hydrogens (primary N) is 1. The summed E-state index contributed by atoms with van der Waals surface area (Å²) in [4.78, 5) is 0. The number of nitrogen functional groups attached to an aromatic ring is 1. The fraction of sp³-hybridized carbons (Fsp3) is 0.538. The Hall–Kier alpha value is -1.21. The monoisotopic (exact) mass is 287 g/mol. The van der Waals surface area contributed by atoms with Crippen molar-refractivity contribution >= 4 is 18.3 Å². The Morgan fingerprint density at radius 2 is 1.55 bits per heavy atom. The van der Waals surface area contributed by atoms with Crippen molar-refractivity contribution in [3.63, 3.8) is 0 Å². The maximum atomic E-state index is 12.9. The van der Waals surface area contributed by atoms with Gasteiger partial charge in [-0.3, -0.25) is 0 Å². The van der Waals surface area contributed by atoms with Crippen molar-refractivity contribution in [2.75, 3.05) is 5.73 Å². The van der Waals surface area contributed by atoms with Crippen LogP contribution in [-0.2, 0) is 15.5 Å². The smallest absolute Gasteiger partial charge is 0.399 e. The van der Waals surface area contributed by atoms with Crippen molar-refractivity contribution in [3.8, 4) is 0 Å². The summed E-state index contributed by atoms with van der Waals surface area (Å²) in [6.45, 7) is 7.37. The predicted octanol–water partition coefficient (Wildman–Crippen LogP) is 2.59. The van der Waals surface area contributed by atoms with Crippen molar-refractivity contribution < 1.29 is 22.5 Å². The molecule has 1 aliphatic heterocycles. The second-order valence-electron chi connectivity index (χ2n) is 5.93. The lowest BCUT2D eigenvalue weighted by Crippen LogP contribution is -2.41. The lowest BCUT2D eigenvalue weighted by Gasteiger charge is -2.32.